The predicted molar refractivity (Wildman–Crippen MR) is 110 cm³/mol. The lowest BCUT2D eigenvalue weighted by Crippen LogP contribution is -2.26. The Labute approximate surface area is 165 Å². The minimum absolute atomic E-state index is 0.218. The van der Waals surface area contributed by atoms with E-state index in [0.29, 0.717) is 22.5 Å². The van der Waals surface area contributed by atoms with Crippen LogP contribution in [0.4, 0.5) is 17.3 Å². The number of halogens is 1. The highest BCUT2D eigenvalue weighted by Crippen LogP contribution is 2.39. The van der Waals surface area contributed by atoms with E-state index < -0.39 is 0 Å². The Morgan fingerprint density at radius 1 is 1.33 bits per heavy atom. The topological polar surface area (TPSA) is 67.3 Å². The molecule has 7 heteroatoms. The average molecular weight is 391 g/mol. The number of carbonyl (C=O) groups is 1. The first kappa shape index (κ1) is 21.0. The molecular formula is C20H27ClN4O2. The van der Waals surface area contributed by atoms with Crippen LogP contribution in [0, 0.1) is 6.92 Å². The molecule has 1 N–H and O–H groups in total. The van der Waals surface area contributed by atoms with Crippen molar-refractivity contribution in [3.63, 3.8) is 0 Å². The fourth-order valence-electron chi connectivity index (χ4n) is 2.89. The number of amides is 1. The maximum absolute atomic E-state index is 11.4. The number of hydrogen-bond acceptors (Lipinski definition) is 5. The molecule has 0 unspecified atom stereocenters. The summed E-state index contributed by atoms with van der Waals surface area (Å²) < 4.78 is 5.31. The van der Waals surface area contributed by atoms with Crippen LogP contribution >= 0.6 is 11.6 Å². The number of anilines is 3. The Morgan fingerprint density at radius 2 is 2.04 bits per heavy atom. The molecule has 2 aromatic rings. The fourth-order valence-corrected chi connectivity index (χ4v) is 3.13. The molecule has 2 heterocycles. The Hall–Kier alpha value is -2.34. The van der Waals surface area contributed by atoms with Crippen molar-refractivity contribution in [1.29, 1.82) is 0 Å². The first-order valence-corrected chi connectivity index (χ1v) is 9.55. The number of hydrogen-bond donors (Lipinski definition) is 1. The van der Waals surface area contributed by atoms with Gasteiger partial charge in [0.05, 0.1) is 7.11 Å². The van der Waals surface area contributed by atoms with Crippen molar-refractivity contribution in [2.24, 2.45) is 0 Å². The molecule has 0 spiro atoms. The van der Waals surface area contributed by atoms with Crippen molar-refractivity contribution in [3.05, 3.63) is 34.6 Å². The summed E-state index contributed by atoms with van der Waals surface area (Å²) in [6.07, 6.45) is 3.21. The first-order chi connectivity index (χ1) is 12.9. The molecule has 0 saturated heterocycles. The number of carbonyl (C=O) groups excluding carboxylic acids is 1. The molecule has 0 fully saturated rings. The zero-order valence-corrected chi connectivity index (χ0v) is 17.4. The molecular weight excluding hydrogens is 364 g/mol. The third-order valence-electron chi connectivity index (χ3n) is 3.90. The molecule has 0 atom stereocenters. The standard InChI is InChI=1S/C17H19ClN4O2.C3H8/c1-10-19-16(21-11(2)23)15(18)17(20-10)22-8-4-5-12-9-13(24-3)6-7-14(12)22;1-3-2/h6-7,9H,4-5,8H2,1-3H3,(H,19,20,21,23);3H2,1-2H3. The van der Waals surface area contributed by atoms with Crippen LogP contribution in [0.15, 0.2) is 18.2 Å². The second-order valence-electron chi connectivity index (χ2n) is 6.40. The third kappa shape index (κ3) is 5.10. The second kappa shape index (κ2) is 9.55. The number of benzene rings is 1. The summed E-state index contributed by atoms with van der Waals surface area (Å²) in [6.45, 7) is 8.26. The quantitative estimate of drug-likeness (QED) is 0.806. The highest BCUT2D eigenvalue weighted by molar-refractivity contribution is 6.35. The molecule has 1 amide bonds. The minimum atomic E-state index is -0.218. The summed E-state index contributed by atoms with van der Waals surface area (Å²) in [7, 11) is 1.66. The highest BCUT2D eigenvalue weighted by atomic mass is 35.5. The Bertz CT molecular complexity index is 811. The van der Waals surface area contributed by atoms with Crippen LogP contribution in [0.5, 0.6) is 5.75 Å². The highest BCUT2D eigenvalue weighted by Gasteiger charge is 2.24. The van der Waals surface area contributed by atoms with Gasteiger partial charge in [0.2, 0.25) is 5.91 Å². The number of fused-ring (bicyclic) bond motifs is 1. The molecule has 0 saturated carbocycles. The lowest BCUT2D eigenvalue weighted by atomic mass is 10.0. The minimum Gasteiger partial charge on any atom is -0.497 e. The predicted octanol–water partition coefficient (Wildman–Crippen LogP) is 4.91. The van der Waals surface area contributed by atoms with Crippen LogP contribution in [0.2, 0.25) is 5.02 Å². The number of methoxy groups -OCH3 is 1. The molecule has 3 rings (SSSR count). The normalized spacial score (nSPS) is 12.6. The van der Waals surface area contributed by atoms with Crippen LogP contribution in [0.25, 0.3) is 0 Å². The smallest absolute Gasteiger partial charge is 0.222 e. The third-order valence-corrected chi connectivity index (χ3v) is 4.25. The van der Waals surface area contributed by atoms with Crippen LogP contribution in [0.1, 0.15) is 45.0 Å². The monoisotopic (exact) mass is 390 g/mol. The van der Waals surface area contributed by atoms with E-state index in [1.54, 1.807) is 14.0 Å². The summed E-state index contributed by atoms with van der Waals surface area (Å²) >= 11 is 6.48. The van der Waals surface area contributed by atoms with Gasteiger partial charge in [-0.3, -0.25) is 4.79 Å². The molecule has 0 aliphatic carbocycles. The van der Waals surface area contributed by atoms with Crippen molar-refractivity contribution >= 4 is 34.8 Å². The molecule has 6 nitrogen and oxygen atoms in total. The van der Waals surface area contributed by atoms with Gasteiger partial charge in [-0.2, -0.15) is 0 Å². The average Bonchev–Trinajstić information content (AvgIpc) is 2.63. The van der Waals surface area contributed by atoms with Crippen molar-refractivity contribution < 1.29 is 9.53 Å². The van der Waals surface area contributed by atoms with Gasteiger partial charge in [-0.1, -0.05) is 31.9 Å². The zero-order valence-electron chi connectivity index (χ0n) is 16.6. The van der Waals surface area contributed by atoms with Crippen LogP contribution in [0.3, 0.4) is 0 Å². The molecule has 1 aromatic heterocycles. The maximum atomic E-state index is 11.4. The lowest BCUT2D eigenvalue weighted by molar-refractivity contribution is -0.114. The van der Waals surface area contributed by atoms with Crippen LogP contribution in [-0.2, 0) is 11.2 Å². The number of nitrogens with zero attached hydrogens (tertiary/aromatic N) is 3. The number of rotatable bonds is 3. The Kier molecular flexibility index (Phi) is 7.42. The van der Waals surface area contributed by atoms with E-state index in [-0.39, 0.29) is 5.91 Å². The zero-order chi connectivity index (χ0) is 20.0. The summed E-state index contributed by atoms with van der Waals surface area (Å²) in [5.74, 6) is 2.12. The van der Waals surface area contributed by atoms with Gasteiger partial charge in [-0.25, -0.2) is 9.97 Å². The van der Waals surface area contributed by atoms with E-state index >= 15 is 0 Å². The van der Waals surface area contributed by atoms with Crippen molar-refractivity contribution in [2.75, 3.05) is 23.9 Å². The number of ether oxygens (including phenoxy) is 1. The van der Waals surface area contributed by atoms with Crippen molar-refractivity contribution in [3.8, 4) is 5.75 Å². The van der Waals surface area contributed by atoms with E-state index in [1.807, 2.05) is 18.2 Å². The van der Waals surface area contributed by atoms with Crippen molar-refractivity contribution in [1.82, 2.24) is 9.97 Å². The largest absolute Gasteiger partial charge is 0.497 e. The summed E-state index contributed by atoms with van der Waals surface area (Å²) in [5, 5.41) is 3.01. The summed E-state index contributed by atoms with van der Waals surface area (Å²) in [5.41, 5.74) is 2.24. The number of aryl methyl sites for hydroxylation is 2. The van der Waals surface area contributed by atoms with Crippen molar-refractivity contribution in [2.45, 2.75) is 47.0 Å². The SMILES string of the molecule is CCC.COc1ccc2c(c1)CCCN2c1nc(C)nc(NC(C)=O)c1Cl. The van der Waals surface area contributed by atoms with Crippen LogP contribution in [-0.4, -0.2) is 29.5 Å². The summed E-state index contributed by atoms with van der Waals surface area (Å²) in [4.78, 5) is 22.2. The maximum Gasteiger partial charge on any atom is 0.222 e. The van der Waals surface area contributed by atoms with Gasteiger partial charge in [-0.05, 0) is 43.5 Å². The van der Waals surface area contributed by atoms with Gasteiger partial charge < -0.3 is 15.0 Å². The van der Waals surface area contributed by atoms with E-state index in [0.717, 1.165) is 30.8 Å². The second-order valence-corrected chi connectivity index (χ2v) is 6.77. The van der Waals surface area contributed by atoms with E-state index in [4.69, 9.17) is 16.3 Å². The lowest BCUT2D eigenvalue weighted by Gasteiger charge is -2.31. The van der Waals surface area contributed by atoms with Gasteiger partial charge in [0.15, 0.2) is 11.6 Å². The Morgan fingerprint density at radius 3 is 2.67 bits per heavy atom. The van der Waals surface area contributed by atoms with Gasteiger partial charge in [-0.15, -0.1) is 0 Å². The molecule has 146 valence electrons. The number of nitrogens with one attached hydrogen (secondary N) is 1. The van der Waals surface area contributed by atoms with Gasteiger partial charge in [0.25, 0.3) is 0 Å². The molecule has 1 aliphatic rings. The van der Waals surface area contributed by atoms with E-state index in [2.05, 4.69) is 34.0 Å². The number of aromatic nitrogens is 2. The molecule has 1 aliphatic heterocycles. The van der Waals surface area contributed by atoms with Gasteiger partial charge in [0, 0.05) is 19.2 Å². The van der Waals surface area contributed by atoms with Gasteiger partial charge >= 0.3 is 0 Å². The summed E-state index contributed by atoms with van der Waals surface area (Å²) in [6, 6.07) is 5.98. The van der Waals surface area contributed by atoms with E-state index in [9.17, 15) is 4.79 Å². The molecule has 1 aromatic carbocycles. The molecule has 0 bridgehead atoms. The Balaban J connectivity index is 0.000000817. The van der Waals surface area contributed by atoms with Gasteiger partial charge in [0.1, 0.15) is 16.6 Å². The van der Waals surface area contributed by atoms with Crippen LogP contribution < -0.4 is 15.0 Å². The molecule has 27 heavy (non-hydrogen) atoms. The first-order valence-electron chi connectivity index (χ1n) is 9.17. The molecule has 0 radical (unpaired) electrons. The van der Waals surface area contributed by atoms with E-state index in [1.165, 1.54) is 18.9 Å². The fraction of sp³-hybridized carbons (Fsp3) is 0.450.